The van der Waals surface area contributed by atoms with Crippen LogP contribution >= 0.6 is 48.3 Å². The molecule has 160 valence electrons. The Morgan fingerprint density at radius 2 is 1.73 bits per heavy atom. The van der Waals surface area contributed by atoms with Crippen LogP contribution in [0, 0.1) is 0 Å². The standard InChI is InChI=1S/C17H11Cl3F3N5O.H2S/c1-8(25-15(29)9-4-11(19)6-12(20)5-9)14-26-16(17(21,22)23)27-28(14)13-3-2-10(18)7-24-13;/h2-8H,1H3,(H,25,29);1H2/t8-;/m0./s1. The molecule has 1 atom stereocenters. The van der Waals surface area contributed by atoms with Gasteiger partial charge in [0.2, 0.25) is 0 Å². The molecule has 3 rings (SSSR count). The van der Waals surface area contributed by atoms with Crippen molar-refractivity contribution in [1.29, 1.82) is 0 Å². The predicted octanol–water partition coefficient (Wildman–Crippen LogP) is 5.25. The number of nitrogens with one attached hydrogen (secondary N) is 1. The highest BCUT2D eigenvalue weighted by atomic mass is 35.5. The van der Waals surface area contributed by atoms with Gasteiger partial charge in [-0.15, -0.1) is 5.10 Å². The zero-order valence-corrected chi connectivity index (χ0v) is 18.3. The zero-order chi connectivity index (χ0) is 21.3. The van der Waals surface area contributed by atoms with Crippen LogP contribution in [0.2, 0.25) is 15.1 Å². The minimum atomic E-state index is -4.78. The Kier molecular flexibility index (Phi) is 7.62. The first-order chi connectivity index (χ1) is 13.5. The van der Waals surface area contributed by atoms with Gasteiger partial charge in [-0.2, -0.15) is 31.3 Å². The second kappa shape index (κ2) is 9.42. The van der Waals surface area contributed by atoms with E-state index in [1.807, 2.05) is 0 Å². The second-order valence-corrected chi connectivity index (χ2v) is 7.20. The van der Waals surface area contributed by atoms with Gasteiger partial charge >= 0.3 is 6.18 Å². The molecular weight excluding hydrogens is 486 g/mol. The van der Waals surface area contributed by atoms with Gasteiger partial charge in [-0.3, -0.25) is 4.79 Å². The van der Waals surface area contributed by atoms with Gasteiger partial charge < -0.3 is 5.32 Å². The number of aromatic nitrogens is 4. The first kappa shape index (κ1) is 24.3. The predicted molar refractivity (Wildman–Crippen MR) is 112 cm³/mol. The Morgan fingerprint density at radius 3 is 2.27 bits per heavy atom. The van der Waals surface area contributed by atoms with Gasteiger partial charge in [0.05, 0.1) is 11.1 Å². The fourth-order valence-electron chi connectivity index (χ4n) is 2.42. The van der Waals surface area contributed by atoms with E-state index >= 15 is 0 Å². The molecule has 13 heteroatoms. The Labute approximate surface area is 190 Å². The maximum absolute atomic E-state index is 13.1. The molecule has 1 aromatic carbocycles. The summed E-state index contributed by atoms with van der Waals surface area (Å²) < 4.78 is 40.3. The van der Waals surface area contributed by atoms with Crippen molar-refractivity contribution < 1.29 is 18.0 Å². The van der Waals surface area contributed by atoms with Crippen LogP contribution in [0.3, 0.4) is 0 Å². The monoisotopic (exact) mass is 497 g/mol. The normalized spacial score (nSPS) is 12.2. The van der Waals surface area contributed by atoms with Crippen molar-refractivity contribution in [2.45, 2.75) is 19.1 Å². The summed E-state index contributed by atoms with van der Waals surface area (Å²) in [5, 5.41) is 6.82. The van der Waals surface area contributed by atoms with Crippen LogP contribution in [0.5, 0.6) is 0 Å². The SMILES string of the molecule is C[C@H](NC(=O)c1cc(Cl)cc(Cl)c1)c1nc(C(F)(F)F)nn1-c1ccc(Cl)cn1.S. The number of nitrogens with zero attached hydrogens (tertiary/aromatic N) is 4. The van der Waals surface area contributed by atoms with Crippen LogP contribution in [0.15, 0.2) is 36.5 Å². The molecule has 0 bridgehead atoms. The van der Waals surface area contributed by atoms with Crippen molar-refractivity contribution in [3.05, 3.63) is 68.8 Å². The van der Waals surface area contributed by atoms with Gasteiger partial charge in [-0.25, -0.2) is 9.97 Å². The summed E-state index contributed by atoms with van der Waals surface area (Å²) in [6.45, 7) is 1.46. The molecule has 0 aliphatic heterocycles. The summed E-state index contributed by atoms with van der Waals surface area (Å²) in [6.07, 6.45) is -3.52. The first-order valence-electron chi connectivity index (χ1n) is 7.97. The van der Waals surface area contributed by atoms with Crippen LogP contribution in [0.25, 0.3) is 5.82 Å². The summed E-state index contributed by atoms with van der Waals surface area (Å²) in [5.74, 6) is -2.09. The van der Waals surface area contributed by atoms with Crippen molar-refractivity contribution in [2.24, 2.45) is 0 Å². The van der Waals surface area contributed by atoms with Crippen LogP contribution in [-0.2, 0) is 6.18 Å². The third kappa shape index (κ3) is 5.57. The quantitative estimate of drug-likeness (QED) is 0.534. The van der Waals surface area contributed by atoms with Crippen LogP contribution < -0.4 is 5.32 Å². The van der Waals surface area contributed by atoms with Crippen molar-refractivity contribution in [2.75, 3.05) is 0 Å². The Hall–Kier alpha value is -2.01. The summed E-state index contributed by atoms with van der Waals surface area (Å²) in [5.41, 5.74) is 0.140. The molecule has 0 spiro atoms. The molecule has 0 saturated heterocycles. The molecule has 0 radical (unpaired) electrons. The maximum atomic E-state index is 13.1. The number of alkyl halides is 3. The molecule has 0 fully saturated rings. The topological polar surface area (TPSA) is 72.7 Å². The van der Waals surface area contributed by atoms with Gasteiger partial charge in [0.25, 0.3) is 11.7 Å². The second-order valence-electron chi connectivity index (χ2n) is 5.89. The van der Waals surface area contributed by atoms with E-state index in [9.17, 15) is 18.0 Å². The van der Waals surface area contributed by atoms with Crippen molar-refractivity contribution in [3.8, 4) is 5.82 Å². The molecular formula is C17H13Cl3F3N5OS. The third-order valence-electron chi connectivity index (χ3n) is 3.67. The number of hydrogen-bond acceptors (Lipinski definition) is 4. The van der Waals surface area contributed by atoms with E-state index in [-0.39, 0.29) is 40.7 Å². The summed E-state index contributed by atoms with van der Waals surface area (Å²) in [4.78, 5) is 20.0. The largest absolute Gasteiger partial charge is 0.453 e. The maximum Gasteiger partial charge on any atom is 0.453 e. The van der Waals surface area contributed by atoms with E-state index in [1.54, 1.807) is 0 Å². The lowest BCUT2D eigenvalue weighted by atomic mass is 10.2. The number of amides is 1. The average molecular weight is 499 g/mol. The van der Waals surface area contributed by atoms with Crippen LogP contribution in [0.4, 0.5) is 13.2 Å². The van der Waals surface area contributed by atoms with E-state index in [2.05, 4.69) is 20.4 Å². The van der Waals surface area contributed by atoms with Crippen LogP contribution in [-0.4, -0.2) is 25.7 Å². The highest BCUT2D eigenvalue weighted by Crippen LogP contribution is 2.29. The summed E-state index contributed by atoms with van der Waals surface area (Å²) in [6, 6.07) is 6.07. The fourth-order valence-corrected chi connectivity index (χ4v) is 3.05. The number of pyridine rings is 1. The molecule has 0 aliphatic rings. The molecule has 6 nitrogen and oxygen atoms in total. The van der Waals surface area contributed by atoms with Gasteiger partial charge in [-0.05, 0) is 37.3 Å². The number of carbonyl (C=O) groups excluding carboxylic acids is 1. The molecule has 3 aromatic rings. The van der Waals surface area contributed by atoms with E-state index in [4.69, 9.17) is 34.8 Å². The molecule has 1 N–H and O–H groups in total. The van der Waals surface area contributed by atoms with Crippen LogP contribution in [0.1, 0.15) is 35.0 Å². The van der Waals surface area contributed by atoms with E-state index in [0.29, 0.717) is 5.02 Å². The lowest BCUT2D eigenvalue weighted by Gasteiger charge is -2.14. The molecule has 0 unspecified atom stereocenters. The molecule has 30 heavy (non-hydrogen) atoms. The van der Waals surface area contributed by atoms with Crippen molar-refractivity contribution >= 4 is 54.2 Å². The van der Waals surface area contributed by atoms with E-state index in [1.165, 1.54) is 43.5 Å². The number of hydrogen-bond donors (Lipinski definition) is 1. The van der Waals surface area contributed by atoms with E-state index in [0.717, 1.165) is 4.68 Å². The lowest BCUT2D eigenvalue weighted by Crippen LogP contribution is -2.28. The van der Waals surface area contributed by atoms with Gasteiger partial charge in [0, 0.05) is 21.8 Å². The highest BCUT2D eigenvalue weighted by molar-refractivity contribution is 7.59. The number of benzene rings is 1. The fraction of sp³-hybridized carbons (Fsp3) is 0.176. The number of rotatable bonds is 4. The number of carbonyl (C=O) groups is 1. The molecule has 0 saturated carbocycles. The lowest BCUT2D eigenvalue weighted by molar-refractivity contribution is -0.144. The number of halogens is 6. The first-order valence-corrected chi connectivity index (χ1v) is 9.11. The van der Waals surface area contributed by atoms with Gasteiger partial charge in [0.1, 0.15) is 0 Å². The van der Waals surface area contributed by atoms with E-state index < -0.39 is 23.9 Å². The summed E-state index contributed by atoms with van der Waals surface area (Å²) in [7, 11) is 0. The molecule has 2 aromatic heterocycles. The Bertz CT molecular complexity index is 1040. The Balaban J connectivity index is 0.00000320. The van der Waals surface area contributed by atoms with Crippen molar-refractivity contribution in [3.63, 3.8) is 0 Å². The Morgan fingerprint density at radius 1 is 1.10 bits per heavy atom. The van der Waals surface area contributed by atoms with Gasteiger partial charge in [-0.1, -0.05) is 34.8 Å². The third-order valence-corrected chi connectivity index (χ3v) is 4.33. The smallest absolute Gasteiger partial charge is 0.342 e. The minimum Gasteiger partial charge on any atom is -0.342 e. The summed E-state index contributed by atoms with van der Waals surface area (Å²) >= 11 is 17.5. The van der Waals surface area contributed by atoms with Crippen molar-refractivity contribution in [1.82, 2.24) is 25.1 Å². The minimum absolute atomic E-state index is 0. The highest BCUT2D eigenvalue weighted by Gasteiger charge is 2.38. The average Bonchev–Trinajstić information content (AvgIpc) is 3.07. The molecule has 0 aliphatic carbocycles. The molecule has 2 heterocycles. The molecule has 1 amide bonds. The van der Waals surface area contributed by atoms with Gasteiger partial charge in [0.15, 0.2) is 11.6 Å². The zero-order valence-electron chi connectivity index (χ0n) is 15.0.